The third-order valence-electron chi connectivity index (χ3n) is 2.81. The molecule has 2 heteroatoms. The Morgan fingerprint density at radius 3 is 2.47 bits per heavy atom. The lowest BCUT2D eigenvalue weighted by Crippen LogP contribution is -2.26. The van der Waals surface area contributed by atoms with Crippen molar-refractivity contribution < 1.29 is 4.74 Å². The van der Waals surface area contributed by atoms with Gasteiger partial charge >= 0.3 is 0 Å². The summed E-state index contributed by atoms with van der Waals surface area (Å²) in [5.41, 5.74) is 2.52. The fourth-order valence-corrected chi connectivity index (χ4v) is 1.51. The van der Waals surface area contributed by atoms with Gasteiger partial charge in [-0.05, 0) is 38.0 Å². The van der Waals surface area contributed by atoms with Gasteiger partial charge in [-0.15, -0.1) is 0 Å². The molecule has 0 bridgehead atoms. The molecule has 0 spiro atoms. The van der Waals surface area contributed by atoms with Gasteiger partial charge in [-0.2, -0.15) is 0 Å². The summed E-state index contributed by atoms with van der Waals surface area (Å²) in [7, 11) is 3.82. The second kappa shape index (κ2) is 5.06. The number of anilines is 1. The van der Waals surface area contributed by atoms with E-state index in [0.29, 0.717) is 6.04 Å². The Kier molecular flexibility index (Phi) is 4.01. The van der Waals surface area contributed by atoms with E-state index in [2.05, 4.69) is 44.9 Å². The highest BCUT2D eigenvalue weighted by molar-refractivity contribution is 5.60. The van der Waals surface area contributed by atoms with E-state index in [-0.39, 0.29) is 0 Å². The number of aryl methyl sites for hydroxylation is 1. The fourth-order valence-electron chi connectivity index (χ4n) is 1.51. The molecule has 0 aromatic heterocycles. The van der Waals surface area contributed by atoms with Crippen LogP contribution in [0.5, 0.6) is 5.75 Å². The first-order chi connectivity index (χ1) is 7.10. The third kappa shape index (κ3) is 2.65. The van der Waals surface area contributed by atoms with E-state index in [0.717, 1.165) is 12.2 Å². The molecule has 0 saturated heterocycles. The highest BCUT2D eigenvalue weighted by atomic mass is 16.5. The predicted octanol–water partition coefficient (Wildman–Crippen LogP) is 3.10. The van der Waals surface area contributed by atoms with Gasteiger partial charge in [0.05, 0.1) is 12.8 Å². The zero-order chi connectivity index (χ0) is 11.4. The minimum absolute atomic E-state index is 0.478. The monoisotopic (exact) mass is 207 g/mol. The first kappa shape index (κ1) is 11.9. The SMILES string of the molecule is CCc1ccc(OC)c(N(C)C(C)C)c1. The molecule has 0 unspecified atom stereocenters. The number of hydrogen-bond acceptors (Lipinski definition) is 2. The van der Waals surface area contributed by atoms with Gasteiger partial charge in [-0.1, -0.05) is 13.0 Å². The number of rotatable bonds is 4. The molecular weight excluding hydrogens is 186 g/mol. The Morgan fingerprint density at radius 2 is 2.00 bits per heavy atom. The summed E-state index contributed by atoms with van der Waals surface area (Å²) in [6.45, 7) is 6.52. The topological polar surface area (TPSA) is 12.5 Å². The van der Waals surface area contributed by atoms with Crippen LogP contribution in [-0.2, 0) is 6.42 Å². The summed E-state index contributed by atoms with van der Waals surface area (Å²) in [6.07, 6.45) is 1.06. The molecule has 0 amide bonds. The maximum Gasteiger partial charge on any atom is 0.142 e. The van der Waals surface area contributed by atoms with Crippen LogP contribution in [0.25, 0.3) is 0 Å². The Balaban J connectivity index is 3.11. The molecule has 0 atom stereocenters. The maximum absolute atomic E-state index is 5.37. The quantitative estimate of drug-likeness (QED) is 0.752. The third-order valence-corrected chi connectivity index (χ3v) is 2.81. The summed E-state index contributed by atoms with van der Waals surface area (Å²) < 4.78 is 5.37. The summed E-state index contributed by atoms with van der Waals surface area (Å²) in [5.74, 6) is 0.948. The minimum Gasteiger partial charge on any atom is -0.495 e. The van der Waals surface area contributed by atoms with Gasteiger partial charge in [-0.3, -0.25) is 0 Å². The Hall–Kier alpha value is -1.18. The predicted molar refractivity (Wildman–Crippen MR) is 65.9 cm³/mol. The van der Waals surface area contributed by atoms with Crippen molar-refractivity contribution in [1.82, 2.24) is 0 Å². The van der Waals surface area contributed by atoms with E-state index in [1.807, 2.05) is 6.07 Å². The number of methoxy groups -OCH3 is 1. The number of hydrogen-bond donors (Lipinski definition) is 0. The smallest absolute Gasteiger partial charge is 0.142 e. The molecule has 84 valence electrons. The van der Waals surface area contributed by atoms with Gasteiger partial charge in [-0.25, -0.2) is 0 Å². The first-order valence-corrected chi connectivity index (χ1v) is 5.49. The van der Waals surface area contributed by atoms with Crippen molar-refractivity contribution in [3.05, 3.63) is 23.8 Å². The standard InChI is InChI=1S/C13H21NO/c1-6-11-7-8-13(15-5)12(9-11)14(4)10(2)3/h7-10H,6H2,1-5H3. The van der Waals surface area contributed by atoms with Gasteiger partial charge in [0.15, 0.2) is 0 Å². The average Bonchev–Trinajstić information content (AvgIpc) is 2.27. The van der Waals surface area contributed by atoms with Gasteiger partial charge in [0, 0.05) is 13.1 Å². The van der Waals surface area contributed by atoms with Crippen LogP contribution in [0.2, 0.25) is 0 Å². The second-order valence-corrected chi connectivity index (χ2v) is 4.06. The molecule has 0 radical (unpaired) electrons. The van der Waals surface area contributed by atoms with Crippen LogP contribution < -0.4 is 9.64 Å². The number of nitrogens with zero attached hydrogens (tertiary/aromatic N) is 1. The molecule has 0 saturated carbocycles. The van der Waals surface area contributed by atoms with Crippen molar-refractivity contribution >= 4 is 5.69 Å². The van der Waals surface area contributed by atoms with E-state index in [1.165, 1.54) is 11.3 Å². The lowest BCUT2D eigenvalue weighted by Gasteiger charge is -2.26. The summed E-state index contributed by atoms with van der Waals surface area (Å²) in [4.78, 5) is 2.23. The van der Waals surface area contributed by atoms with Crippen molar-refractivity contribution in [1.29, 1.82) is 0 Å². The largest absolute Gasteiger partial charge is 0.495 e. The van der Waals surface area contributed by atoms with Crippen molar-refractivity contribution in [3.63, 3.8) is 0 Å². The molecule has 1 aromatic rings. The normalized spacial score (nSPS) is 10.5. The van der Waals surface area contributed by atoms with Gasteiger partial charge in [0.2, 0.25) is 0 Å². The van der Waals surface area contributed by atoms with E-state index in [1.54, 1.807) is 7.11 Å². The van der Waals surface area contributed by atoms with Crippen LogP contribution in [-0.4, -0.2) is 20.2 Å². The molecule has 1 aromatic carbocycles. The molecule has 0 aliphatic heterocycles. The Morgan fingerprint density at radius 1 is 1.33 bits per heavy atom. The zero-order valence-corrected chi connectivity index (χ0v) is 10.4. The number of benzene rings is 1. The molecule has 1 rings (SSSR count). The Labute approximate surface area is 92.9 Å². The number of ether oxygens (including phenoxy) is 1. The average molecular weight is 207 g/mol. The van der Waals surface area contributed by atoms with Crippen molar-refractivity contribution in [2.75, 3.05) is 19.1 Å². The van der Waals surface area contributed by atoms with Crippen LogP contribution in [0, 0.1) is 0 Å². The van der Waals surface area contributed by atoms with Crippen LogP contribution in [0.4, 0.5) is 5.69 Å². The molecule has 0 fully saturated rings. The highest BCUT2D eigenvalue weighted by Crippen LogP contribution is 2.29. The maximum atomic E-state index is 5.37. The fraction of sp³-hybridized carbons (Fsp3) is 0.538. The van der Waals surface area contributed by atoms with Gasteiger partial charge in [0.25, 0.3) is 0 Å². The van der Waals surface area contributed by atoms with Gasteiger partial charge in [0.1, 0.15) is 5.75 Å². The van der Waals surface area contributed by atoms with E-state index < -0.39 is 0 Å². The summed E-state index contributed by atoms with van der Waals surface area (Å²) >= 11 is 0. The van der Waals surface area contributed by atoms with Crippen LogP contribution in [0.15, 0.2) is 18.2 Å². The lowest BCUT2D eigenvalue weighted by molar-refractivity contribution is 0.414. The lowest BCUT2D eigenvalue weighted by atomic mass is 10.1. The molecule has 15 heavy (non-hydrogen) atoms. The molecule has 0 aliphatic rings. The van der Waals surface area contributed by atoms with E-state index >= 15 is 0 Å². The van der Waals surface area contributed by atoms with Crippen LogP contribution in [0.3, 0.4) is 0 Å². The van der Waals surface area contributed by atoms with Crippen molar-refractivity contribution in [2.45, 2.75) is 33.2 Å². The van der Waals surface area contributed by atoms with E-state index in [9.17, 15) is 0 Å². The summed E-state index contributed by atoms with van der Waals surface area (Å²) in [5, 5.41) is 0. The summed E-state index contributed by atoms with van der Waals surface area (Å²) in [6, 6.07) is 6.86. The van der Waals surface area contributed by atoms with E-state index in [4.69, 9.17) is 4.74 Å². The van der Waals surface area contributed by atoms with Crippen molar-refractivity contribution in [2.24, 2.45) is 0 Å². The molecule has 2 nitrogen and oxygen atoms in total. The Bertz CT molecular complexity index is 320. The first-order valence-electron chi connectivity index (χ1n) is 5.49. The molecule has 0 N–H and O–H groups in total. The molecule has 0 aliphatic carbocycles. The second-order valence-electron chi connectivity index (χ2n) is 4.06. The van der Waals surface area contributed by atoms with Gasteiger partial charge < -0.3 is 9.64 Å². The zero-order valence-electron chi connectivity index (χ0n) is 10.4. The molecule has 0 heterocycles. The molecular formula is C13H21NO. The highest BCUT2D eigenvalue weighted by Gasteiger charge is 2.11. The van der Waals surface area contributed by atoms with Crippen molar-refractivity contribution in [3.8, 4) is 5.75 Å². The van der Waals surface area contributed by atoms with Crippen LogP contribution in [0.1, 0.15) is 26.3 Å². The minimum atomic E-state index is 0.478. The van der Waals surface area contributed by atoms with Crippen LogP contribution >= 0.6 is 0 Å².